The lowest BCUT2D eigenvalue weighted by Gasteiger charge is -2.15. The maximum Gasteiger partial charge on any atom is 0.131 e. The van der Waals surface area contributed by atoms with E-state index in [2.05, 4.69) is 5.32 Å². The molecule has 1 N–H and O–H groups in total. The van der Waals surface area contributed by atoms with Crippen molar-refractivity contribution in [2.75, 3.05) is 6.54 Å². The first-order chi connectivity index (χ1) is 7.77. The molecule has 3 rings (SSSR count). The Morgan fingerprint density at radius 2 is 2.06 bits per heavy atom. The molecule has 1 aliphatic heterocycles. The minimum absolute atomic E-state index is 0.00343. The number of nitrogens with one attached hydrogen (secondary N) is 1. The van der Waals surface area contributed by atoms with E-state index in [0.29, 0.717) is 0 Å². The van der Waals surface area contributed by atoms with Gasteiger partial charge in [-0.1, -0.05) is 11.6 Å². The molecule has 0 bridgehead atoms. The molecule has 1 nitrogen and oxygen atoms in total. The lowest BCUT2D eigenvalue weighted by atomic mass is 9.99. The molecule has 2 aliphatic rings. The van der Waals surface area contributed by atoms with Crippen LogP contribution < -0.4 is 5.32 Å². The van der Waals surface area contributed by atoms with Crippen LogP contribution in [0.1, 0.15) is 42.0 Å². The zero-order chi connectivity index (χ0) is 11.1. The molecule has 0 unspecified atom stereocenters. The van der Waals surface area contributed by atoms with E-state index in [9.17, 15) is 4.39 Å². The van der Waals surface area contributed by atoms with Gasteiger partial charge in [0.1, 0.15) is 5.82 Å². The van der Waals surface area contributed by atoms with Gasteiger partial charge >= 0.3 is 0 Å². The highest BCUT2D eigenvalue weighted by molar-refractivity contribution is 6.31. The average molecular weight is 240 g/mol. The minimum Gasteiger partial charge on any atom is -0.310 e. The summed E-state index contributed by atoms with van der Waals surface area (Å²) in [7, 11) is 0. The van der Waals surface area contributed by atoms with Crippen LogP contribution in [0.3, 0.4) is 0 Å². The van der Waals surface area contributed by atoms with Gasteiger partial charge in [-0.2, -0.15) is 0 Å². The molecule has 1 aromatic carbocycles. The Morgan fingerprint density at radius 3 is 2.81 bits per heavy atom. The van der Waals surface area contributed by atoms with Crippen molar-refractivity contribution < 1.29 is 4.39 Å². The molecule has 1 atom stereocenters. The molecule has 1 aliphatic carbocycles. The van der Waals surface area contributed by atoms with E-state index in [0.717, 1.165) is 60.4 Å². The van der Waals surface area contributed by atoms with Gasteiger partial charge in [-0.05, 0) is 55.8 Å². The van der Waals surface area contributed by atoms with Crippen LogP contribution in [-0.2, 0) is 12.8 Å². The highest BCUT2D eigenvalue weighted by Crippen LogP contribution is 2.36. The van der Waals surface area contributed by atoms with Crippen molar-refractivity contribution in [3.05, 3.63) is 33.6 Å². The van der Waals surface area contributed by atoms with Crippen LogP contribution in [0.2, 0.25) is 5.02 Å². The third-order valence-corrected chi connectivity index (χ3v) is 4.08. The molecule has 0 radical (unpaired) electrons. The summed E-state index contributed by atoms with van der Waals surface area (Å²) >= 11 is 6.23. The third-order valence-electron chi connectivity index (χ3n) is 3.74. The molecule has 1 fully saturated rings. The van der Waals surface area contributed by atoms with Crippen LogP contribution >= 0.6 is 11.6 Å². The van der Waals surface area contributed by atoms with Gasteiger partial charge in [0.15, 0.2) is 0 Å². The van der Waals surface area contributed by atoms with Crippen molar-refractivity contribution in [2.45, 2.75) is 38.1 Å². The smallest absolute Gasteiger partial charge is 0.131 e. The van der Waals surface area contributed by atoms with E-state index in [1.54, 1.807) is 0 Å². The van der Waals surface area contributed by atoms with E-state index in [-0.39, 0.29) is 11.9 Å². The van der Waals surface area contributed by atoms with E-state index in [1.165, 1.54) is 0 Å². The molecule has 1 aromatic rings. The summed E-state index contributed by atoms with van der Waals surface area (Å²) in [6.07, 6.45) is 4.96. The SMILES string of the molecule is Fc1c([C@H]2CCCN2)cc(Cl)c2c1CCC2. The van der Waals surface area contributed by atoms with Gasteiger partial charge in [0, 0.05) is 16.6 Å². The summed E-state index contributed by atoms with van der Waals surface area (Å²) < 4.78 is 14.3. The van der Waals surface area contributed by atoms with Crippen molar-refractivity contribution >= 4 is 11.6 Å². The van der Waals surface area contributed by atoms with Gasteiger partial charge in [-0.15, -0.1) is 0 Å². The van der Waals surface area contributed by atoms with Crippen LogP contribution in [0.4, 0.5) is 4.39 Å². The minimum atomic E-state index is -0.00343. The summed E-state index contributed by atoms with van der Waals surface area (Å²) in [4.78, 5) is 0. The maximum absolute atomic E-state index is 14.3. The Kier molecular flexibility index (Phi) is 2.64. The number of hydrogen-bond donors (Lipinski definition) is 1. The molecule has 0 saturated carbocycles. The molecule has 1 heterocycles. The zero-order valence-corrected chi connectivity index (χ0v) is 9.91. The van der Waals surface area contributed by atoms with E-state index in [4.69, 9.17) is 11.6 Å². The largest absolute Gasteiger partial charge is 0.310 e. The van der Waals surface area contributed by atoms with Crippen LogP contribution in [-0.4, -0.2) is 6.54 Å². The van der Waals surface area contributed by atoms with E-state index < -0.39 is 0 Å². The van der Waals surface area contributed by atoms with Gasteiger partial charge in [0.05, 0.1) is 0 Å². The second-order valence-corrected chi connectivity index (χ2v) is 5.13. The normalized spacial score (nSPS) is 23.8. The van der Waals surface area contributed by atoms with Crippen LogP contribution in [0.15, 0.2) is 6.07 Å². The Hall–Kier alpha value is -0.600. The number of hydrogen-bond acceptors (Lipinski definition) is 1. The highest BCUT2D eigenvalue weighted by Gasteiger charge is 2.26. The summed E-state index contributed by atoms with van der Waals surface area (Å²) in [6, 6.07) is 2.01. The number of benzene rings is 1. The van der Waals surface area contributed by atoms with Crippen molar-refractivity contribution in [3.8, 4) is 0 Å². The maximum atomic E-state index is 14.3. The molecular formula is C13H15ClFN. The molecule has 1 saturated heterocycles. The van der Waals surface area contributed by atoms with Gasteiger partial charge in [0.2, 0.25) is 0 Å². The van der Waals surface area contributed by atoms with Crippen molar-refractivity contribution in [3.63, 3.8) is 0 Å². The predicted molar refractivity (Wildman–Crippen MR) is 63.4 cm³/mol. The lowest BCUT2D eigenvalue weighted by molar-refractivity contribution is 0.549. The first-order valence-electron chi connectivity index (χ1n) is 6.00. The Bertz CT molecular complexity index is 424. The monoisotopic (exact) mass is 239 g/mol. The molecular weight excluding hydrogens is 225 g/mol. The standard InChI is InChI=1S/C13H15ClFN/c14-11-7-10(12-5-2-6-16-12)13(15)9-4-1-3-8(9)11/h7,12,16H,1-6H2/t12-/m1/s1. The molecule has 0 amide bonds. The van der Waals surface area contributed by atoms with Gasteiger partial charge in [-0.25, -0.2) is 4.39 Å². The fraction of sp³-hybridized carbons (Fsp3) is 0.538. The van der Waals surface area contributed by atoms with Crippen molar-refractivity contribution in [1.29, 1.82) is 0 Å². The fourth-order valence-electron chi connectivity index (χ4n) is 2.91. The van der Waals surface area contributed by atoms with E-state index in [1.807, 2.05) is 6.07 Å². The quantitative estimate of drug-likeness (QED) is 0.792. The van der Waals surface area contributed by atoms with Gasteiger partial charge < -0.3 is 5.32 Å². The van der Waals surface area contributed by atoms with E-state index >= 15 is 0 Å². The predicted octanol–water partition coefficient (Wildman–Crippen LogP) is 3.39. The topological polar surface area (TPSA) is 12.0 Å². The Balaban J connectivity index is 2.08. The van der Waals surface area contributed by atoms with Gasteiger partial charge in [-0.3, -0.25) is 0 Å². The van der Waals surface area contributed by atoms with Crippen molar-refractivity contribution in [2.24, 2.45) is 0 Å². The summed E-state index contributed by atoms with van der Waals surface area (Å²) in [5.74, 6) is -0.00343. The molecule has 86 valence electrons. The Labute approximate surface area is 100.0 Å². The average Bonchev–Trinajstić information content (AvgIpc) is 2.92. The van der Waals surface area contributed by atoms with Crippen LogP contribution in [0.25, 0.3) is 0 Å². The zero-order valence-electron chi connectivity index (χ0n) is 9.15. The second kappa shape index (κ2) is 4.01. The lowest BCUT2D eigenvalue weighted by Crippen LogP contribution is -2.15. The Morgan fingerprint density at radius 1 is 1.25 bits per heavy atom. The molecule has 0 aromatic heterocycles. The van der Waals surface area contributed by atoms with Crippen LogP contribution in [0.5, 0.6) is 0 Å². The third kappa shape index (κ3) is 1.56. The summed E-state index contributed by atoms with van der Waals surface area (Å²) in [5.41, 5.74) is 2.69. The molecule has 16 heavy (non-hydrogen) atoms. The number of fused-ring (bicyclic) bond motifs is 1. The first-order valence-corrected chi connectivity index (χ1v) is 6.38. The number of halogens is 2. The highest BCUT2D eigenvalue weighted by atomic mass is 35.5. The van der Waals surface area contributed by atoms with Gasteiger partial charge in [0.25, 0.3) is 0 Å². The fourth-order valence-corrected chi connectivity index (χ4v) is 3.24. The second-order valence-electron chi connectivity index (χ2n) is 4.72. The summed E-state index contributed by atoms with van der Waals surface area (Å²) in [6.45, 7) is 0.985. The summed E-state index contributed by atoms with van der Waals surface area (Å²) in [5, 5.41) is 4.10. The van der Waals surface area contributed by atoms with Crippen molar-refractivity contribution in [1.82, 2.24) is 5.32 Å². The first kappa shape index (κ1) is 10.5. The van der Waals surface area contributed by atoms with Crippen LogP contribution in [0, 0.1) is 5.82 Å². The molecule has 0 spiro atoms. The molecule has 3 heteroatoms. The number of rotatable bonds is 1.